The van der Waals surface area contributed by atoms with Gasteiger partial charge in [-0.3, -0.25) is 14.4 Å². The second kappa shape index (κ2) is 10.4. The molecule has 1 aliphatic rings. The lowest BCUT2D eigenvalue weighted by Crippen LogP contribution is -2.50. The van der Waals surface area contributed by atoms with E-state index in [1.165, 1.54) is 12.3 Å². The standard InChI is InChI=1S/C17H16Cl2F3N5O6/c18-9-5-11(23-6-10(9)19)13(28)24-8-1-2-12(27(7-8)16(29)30)14-25-26-15(33-14)31-3-4-32-17(20,21)22/h5-6,8,12H,1-4,7H2,(H,24,28)(H,29,30)/t8-,12+/m0/s1. The summed E-state index contributed by atoms with van der Waals surface area (Å²) in [7, 11) is 0. The summed E-state index contributed by atoms with van der Waals surface area (Å²) >= 11 is 11.7. The van der Waals surface area contributed by atoms with Gasteiger partial charge in [0.05, 0.1) is 16.7 Å². The molecule has 180 valence electrons. The number of ether oxygens (including phenoxy) is 2. The minimum atomic E-state index is -4.80. The van der Waals surface area contributed by atoms with Gasteiger partial charge in [-0.15, -0.1) is 18.3 Å². The molecule has 2 atom stereocenters. The number of carbonyl (C=O) groups is 2. The first-order chi connectivity index (χ1) is 15.5. The van der Waals surface area contributed by atoms with Gasteiger partial charge in [-0.1, -0.05) is 28.3 Å². The zero-order valence-corrected chi connectivity index (χ0v) is 18.0. The first-order valence-corrected chi connectivity index (χ1v) is 10.1. The lowest BCUT2D eigenvalue weighted by atomic mass is 9.98. The van der Waals surface area contributed by atoms with Crippen molar-refractivity contribution in [3.05, 3.63) is 33.9 Å². The molecule has 1 aliphatic heterocycles. The van der Waals surface area contributed by atoms with Crippen LogP contribution in [0.25, 0.3) is 0 Å². The van der Waals surface area contributed by atoms with Crippen LogP contribution in [0, 0.1) is 0 Å². The predicted octanol–water partition coefficient (Wildman–Crippen LogP) is 3.30. The van der Waals surface area contributed by atoms with Gasteiger partial charge >= 0.3 is 18.5 Å². The van der Waals surface area contributed by atoms with Gasteiger partial charge in [0.15, 0.2) is 0 Å². The largest absolute Gasteiger partial charge is 0.522 e. The fourth-order valence-corrected chi connectivity index (χ4v) is 3.31. The van der Waals surface area contributed by atoms with Crippen LogP contribution < -0.4 is 10.1 Å². The third kappa shape index (κ3) is 6.82. The van der Waals surface area contributed by atoms with Crippen molar-refractivity contribution < 1.29 is 41.8 Å². The number of halogens is 5. The Bertz CT molecular complexity index is 1010. The molecule has 1 fully saturated rings. The molecule has 0 aliphatic carbocycles. The van der Waals surface area contributed by atoms with Crippen molar-refractivity contribution in [2.45, 2.75) is 31.3 Å². The van der Waals surface area contributed by atoms with Crippen molar-refractivity contribution in [1.82, 2.24) is 25.4 Å². The Balaban J connectivity index is 1.59. The Labute approximate surface area is 193 Å². The maximum atomic E-state index is 12.4. The zero-order chi connectivity index (χ0) is 24.2. The zero-order valence-electron chi connectivity index (χ0n) is 16.5. The number of carboxylic acid groups (broad SMARTS) is 1. The smallest absolute Gasteiger partial charge is 0.465 e. The first kappa shape index (κ1) is 24.8. The topological polar surface area (TPSA) is 140 Å². The number of alkyl halides is 3. The Hall–Kier alpha value is -2.84. The van der Waals surface area contributed by atoms with Crippen LogP contribution >= 0.6 is 23.2 Å². The quantitative estimate of drug-likeness (QED) is 0.533. The number of aromatic nitrogens is 3. The van der Waals surface area contributed by atoms with Crippen molar-refractivity contribution in [3.63, 3.8) is 0 Å². The third-order valence-electron chi connectivity index (χ3n) is 4.49. The average molecular weight is 514 g/mol. The summed E-state index contributed by atoms with van der Waals surface area (Å²) in [5, 5.41) is 19.9. The second-order valence-electron chi connectivity index (χ2n) is 6.73. The van der Waals surface area contributed by atoms with Gasteiger partial charge in [0.25, 0.3) is 5.91 Å². The lowest BCUT2D eigenvalue weighted by Gasteiger charge is -2.36. The molecule has 0 spiro atoms. The van der Waals surface area contributed by atoms with Crippen LogP contribution in [0.5, 0.6) is 6.08 Å². The van der Waals surface area contributed by atoms with E-state index in [4.69, 9.17) is 32.4 Å². The average Bonchev–Trinajstić information content (AvgIpc) is 3.21. The van der Waals surface area contributed by atoms with Crippen molar-refractivity contribution in [2.24, 2.45) is 0 Å². The van der Waals surface area contributed by atoms with E-state index in [1.54, 1.807) is 0 Å². The Morgan fingerprint density at radius 2 is 2.00 bits per heavy atom. The number of nitrogens with zero attached hydrogens (tertiary/aromatic N) is 4. The molecule has 0 bridgehead atoms. The van der Waals surface area contributed by atoms with Crippen molar-refractivity contribution in [3.8, 4) is 6.08 Å². The van der Waals surface area contributed by atoms with Crippen LogP contribution in [0.15, 0.2) is 16.7 Å². The van der Waals surface area contributed by atoms with Crippen LogP contribution in [0.4, 0.5) is 18.0 Å². The summed E-state index contributed by atoms with van der Waals surface area (Å²) in [6.45, 7) is -1.39. The number of hydrogen-bond acceptors (Lipinski definition) is 8. The van der Waals surface area contributed by atoms with E-state index in [1.807, 2.05) is 0 Å². The summed E-state index contributed by atoms with van der Waals surface area (Å²) in [6, 6.07) is -0.0891. The van der Waals surface area contributed by atoms with Gasteiger partial charge in [-0.25, -0.2) is 9.78 Å². The minimum absolute atomic E-state index is 0.0154. The molecule has 0 saturated carbocycles. The van der Waals surface area contributed by atoms with Crippen LogP contribution in [0.3, 0.4) is 0 Å². The van der Waals surface area contributed by atoms with Gasteiger partial charge in [0, 0.05) is 18.8 Å². The van der Waals surface area contributed by atoms with Crippen molar-refractivity contribution in [2.75, 3.05) is 19.8 Å². The van der Waals surface area contributed by atoms with Gasteiger partial charge < -0.3 is 19.6 Å². The molecule has 3 rings (SSSR count). The molecule has 2 aromatic heterocycles. The first-order valence-electron chi connectivity index (χ1n) is 9.32. The molecule has 11 nitrogen and oxygen atoms in total. The maximum absolute atomic E-state index is 12.4. The Kier molecular flexibility index (Phi) is 7.81. The monoisotopic (exact) mass is 513 g/mol. The molecule has 0 unspecified atom stereocenters. The number of amides is 2. The van der Waals surface area contributed by atoms with E-state index in [2.05, 4.69) is 25.2 Å². The molecule has 16 heteroatoms. The molecule has 1 saturated heterocycles. The van der Waals surface area contributed by atoms with Crippen LogP contribution in [-0.4, -0.2) is 69.4 Å². The van der Waals surface area contributed by atoms with E-state index in [9.17, 15) is 27.9 Å². The molecule has 2 aromatic rings. The van der Waals surface area contributed by atoms with Gasteiger partial charge in [0.1, 0.15) is 18.3 Å². The molecular weight excluding hydrogens is 498 g/mol. The summed E-state index contributed by atoms with van der Waals surface area (Å²) in [5.74, 6) is -0.656. The molecule has 0 radical (unpaired) electrons. The highest BCUT2D eigenvalue weighted by Crippen LogP contribution is 2.31. The maximum Gasteiger partial charge on any atom is 0.522 e. The van der Waals surface area contributed by atoms with E-state index >= 15 is 0 Å². The third-order valence-corrected chi connectivity index (χ3v) is 5.20. The molecular formula is C17H16Cl2F3N5O6. The van der Waals surface area contributed by atoms with Crippen LogP contribution in [-0.2, 0) is 4.74 Å². The summed E-state index contributed by atoms with van der Waals surface area (Å²) in [6.07, 6.45) is -4.73. The number of piperidine rings is 1. The van der Waals surface area contributed by atoms with Crippen molar-refractivity contribution >= 4 is 35.2 Å². The number of carbonyl (C=O) groups excluding carboxylic acids is 1. The second-order valence-corrected chi connectivity index (χ2v) is 7.55. The highest BCUT2D eigenvalue weighted by atomic mass is 35.5. The fourth-order valence-electron chi connectivity index (χ4n) is 3.05. The van der Waals surface area contributed by atoms with E-state index in [0.29, 0.717) is 6.42 Å². The molecule has 0 aromatic carbocycles. The van der Waals surface area contributed by atoms with Crippen LogP contribution in [0.2, 0.25) is 10.0 Å². The van der Waals surface area contributed by atoms with Crippen LogP contribution in [0.1, 0.15) is 35.3 Å². The summed E-state index contributed by atoms with van der Waals surface area (Å²) in [5.41, 5.74) is 0.0154. The Morgan fingerprint density at radius 1 is 1.24 bits per heavy atom. The number of rotatable bonds is 7. The number of hydrogen-bond donors (Lipinski definition) is 2. The summed E-state index contributed by atoms with van der Waals surface area (Å²) < 4.78 is 49.6. The fraction of sp³-hybridized carbons (Fsp3) is 0.471. The molecule has 3 heterocycles. The van der Waals surface area contributed by atoms with Crippen molar-refractivity contribution in [1.29, 1.82) is 0 Å². The van der Waals surface area contributed by atoms with E-state index in [-0.39, 0.29) is 34.6 Å². The SMILES string of the molecule is O=C(N[C@H]1CC[C@H](c2nnc(OCCOC(F)(F)F)o2)N(C(=O)O)C1)c1cc(Cl)c(Cl)cn1. The molecule has 2 N–H and O–H groups in total. The molecule has 33 heavy (non-hydrogen) atoms. The summed E-state index contributed by atoms with van der Waals surface area (Å²) in [4.78, 5) is 29.1. The van der Waals surface area contributed by atoms with Gasteiger partial charge in [-0.2, -0.15) is 0 Å². The number of nitrogens with one attached hydrogen (secondary N) is 1. The van der Waals surface area contributed by atoms with Gasteiger partial charge in [0.2, 0.25) is 5.89 Å². The highest BCUT2D eigenvalue weighted by molar-refractivity contribution is 6.42. The molecule has 2 amide bonds. The van der Waals surface area contributed by atoms with Gasteiger partial charge in [-0.05, 0) is 18.9 Å². The number of likely N-dealkylation sites (tertiary alicyclic amines) is 1. The minimum Gasteiger partial charge on any atom is -0.465 e. The van der Waals surface area contributed by atoms with E-state index in [0.717, 1.165) is 4.90 Å². The number of pyridine rings is 1. The Morgan fingerprint density at radius 3 is 2.67 bits per heavy atom. The predicted molar refractivity (Wildman–Crippen MR) is 104 cm³/mol. The van der Waals surface area contributed by atoms with E-state index < -0.39 is 49.7 Å². The lowest BCUT2D eigenvalue weighted by molar-refractivity contribution is -0.325. The highest BCUT2D eigenvalue weighted by Gasteiger charge is 2.37. The normalized spacial score (nSPS) is 18.8.